The maximum atomic E-state index is 12.7. The lowest BCUT2D eigenvalue weighted by Gasteiger charge is -2.13. The third-order valence-electron chi connectivity index (χ3n) is 4.59. The number of esters is 1. The molecule has 0 saturated heterocycles. The van der Waals surface area contributed by atoms with Crippen molar-refractivity contribution in [3.63, 3.8) is 0 Å². The Hall–Kier alpha value is -3.28. The molecule has 0 spiro atoms. The van der Waals surface area contributed by atoms with Gasteiger partial charge in [0.15, 0.2) is 5.78 Å². The summed E-state index contributed by atoms with van der Waals surface area (Å²) < 4.78 is 4.98. The third-order valence-corrected chi connectivity index (χ3v) is 4.59. The number of ketones is 1. The number of ether oxygens (including phenoxy) is 1. The van der Waals surface area contributed by atoms with E-state index in [4.69, 9.17) is 4.74 Å². The van der Waals surface area contributed by atoms with Crippen LogP contribution in [0.4, 0.5) is 5.69 Å². The van der Waals surface area contributed by atoms with Crippen LogP contribution in [0.25, 0.3) is 0 Å². The molecule has 2 aliphatic heterocycles. The average Bonchev–Trinajstić information content (AvgIpc) is 3.15. The molecule has 2 aromatic carbocycles. The Labute approximate surface area is 150 Å². The van der Waals surface area contributed by atoms with Gasteiger partial charge in [0.25, 0.3) is 5.91 Å². The van der Waals surface area contributed by atoms with Crippen molar-refractivity contribution < 1.29 is 19.1 Å². The zero-order valence-electron chi connectivity index (χ0n) is 14.1. The average molecular weight is 348 g/mol. The summed E-state index contributed by atoms with van der Waals surface area (Å²) in [7, 11) is 0. The van der Waals surface area contributed by atoms with Crippen LogP contribution in [0.3, 0.4) is 0 Å². The van der Waals surface area contributed by atoms with Crippen LogP contribution in [0.5, 0.6) is 0 Å². The first kappa shape index (κ1) is 16.2. The quantitative estimate of drug-likeness (QED) is 0.628. The molecule has 2 aromatic rings. The number of benzene rings is 2. The maximum Gasteiger partial charge on any atom is 0.338 e. The highest BCUT2D eigenvalue weighted by atomic mass is 16.5. The molecule has 0 saturated carbocycles. The monoisotopic (exact) mass is 348 g/mol. The van der Waals surface area contributed by atoms with E-state index in [0.29, 0.717) is 22.5 Å². The predicted molar refractivity (Wildman–Crippen MR) is 94.8 cm³/mol. The molecule has 26 heavy (non-hydrogen) atoms. The number of fused-ring (bicyclic) bond motifs is 1. The van der Waals surface area contributed by atoms with E-state index in [1.165, 1.54) is 5.01 Å². The molecule has 0 aromatic heterocycles. The van der Waals surface area contributed by atoms with Crippen molar-refractivity contribution in [2.45, 2.75) is 20.0 Å². The largest absolute Gasteiger partial charge is 0.457 e. The number of cyclic esters (lactones) is 1. The molecule has 1 atom stereocenters. The first-order valence-electron chi connectivity index (χ1n) is 8.30. The van der Waals surface area contributed by atoms with Gasteiger partial charge in [-0.1, -0.05) is 30.3 Å². The van der Waals surface area contributed by atoms with E-state index < -0.39 is 5.92 Å². The minimum absolute atomic E-state index is 0.0620. The number of carbonyl (C=O) groups excluding carboxylic acids is 3. The fourth-order valence-electron chi connectivity index (χ4n) is 3.26. The molecular formula is C20H16N2O4. The van der Waals surface area contributed by atoms with Gasteiger partial charge in [0.1, 0.15) is 12.5 Å². The second-order valence-electron chi connectivity index (χ2n) is 6.37. The SMILES string of the molecule is CC1=NN(c2ccccc2)C(=O)C1C(=O)Cc1ccc2c(c1)C(=O)OC2. The first-order chi connectivity index (χ1) is 12.5. The van der Waals surface area contributed by atoms with Crippen molar-refractivity contribution in [3.05, 3.63) is 65.2 Å². The molecular weight excluding hydrogens is 332 g/mol. The number of rotatable bonds is 4. The Morgan fingerprint density at radius 2 is 1.96 bits per heavy atom. The summed E-state index contributed by atoms with van der Waals surface area (Å²) in [6.45, 7) is 1.95. The van der Waals surface area contributed by atoms with Gasteiger partial charge in [0, 0.05) is 12.0 Å². The zero-order valence-corrected chi connectivity index (χ0v) is 14.1. The number of carbonyl (C=O) groups is 3. The molecule has 0 radical (unpaired) electrons. The van der Waals surface area contributed by atoms with Crippen molar-refractivity contribution in [2.75, 3.05) is 5.01 Å². The van der Waals surface area contributed by atoms with E-state index in [-0.39, 0.29) is 30.7 Å². The Morgan fingerprint density at radius 1 is 1.19 bits per heavy atom. The number of hydrogen-bond acceptors (Lipinski definition) is 5. The fraction of sp³-hybridized carbons (Fsp3) is 0.200. The van der Waals surface area contributed by atoms with E-state index in [1.54, 1.807) is 37.3 Å². The molecule has 4 rings (SSSR count). The minimum Gasteiger partial charge on any atom is -0.457 e. The lowest BCUT2D eigenvalue weighted by Crippen LogP contribution is -2.33. The van der Waals surface area contributed by atoms with Crippen molar-refractivity contribution >= 4 is 29.1 Å². The molecule has 0 aliphatic carbocycles. The van der Waals surface area contributed by atoms with Crippen LogP contribution in [-0.4, -0.2) is 23.4 Å². The third kappa shape index (κ3) is 2.69. The van der Waals surface area contributed by atoms with Crippen LogP contribution in [0.1, 0.15) is 28.4 Å². The van der Waals surface area contributed by atoms with Gasteiger partial charge < -0.3 is 4.74 Å². The number of para-hydroxylation sites is 1. The second-order valence-corrected chi connectivity index (χ2v) is 6.37. The number of amides is 1. The molecule has 1 unspecified atom stereocenters. The van der Waals surface area contributed by atoms with Crippen LogP contribution in [0, 0.1) is 5.92 Å². The number of nitrogens with zero attached hydrogens (tertiary/aromatic N) is 2. The van der Waals surface area contributed by atoms with Gasteiger partial charge in [-0.25, -0.2) is 4.79 Å². The van der Waals surface area contributed by atoms with Crippen molar-refractivity contribution in [1.82, 2.24) is 0 Å². The van der Waals surface area contributed by atoms with Gasteiger partial charge in [-0.2, -0.15) is 10.1 Å². The lowest BCUT2D eigenvalue weighted by atomic mass is 9.93. The highest BCUT2D eigenvalue weighted by molar-refractivity contribution is 6.27. The Bertz CT molecular complexity index is 950. The van der Waals surface area contributed by atoms with E-state index in [2.05, 4.69) is 5.10 Å². The van der Waals surface area contributed by atoms with E-state index in [0.717, 1.165) is 5.56 Å². The number of anilines is 1. The highest BCUT2D eigenvalue weighted by Gasteiger charge is 2.39. The van der Waals surface area contributed by atoms with Crippen molar-refractivity contribution in [1.29, 1.82) is 0 Å². The van der Waals surface area contributed by atoms with Gasteiger partial charge >= 0.3 is 5.97 Å². The predicted octanol–water partition coefficient (Wildman–Crippen LogP) is 2.51. The Kier molecular flexibility index (Phi) is 3.88. The van der Waals surface area contributed by atoms with Crippen LogP contribution in [0.15, 0.2) is 53.6 Å². The standard InChI is InChI=1S/C20H16N2O4/c1-12-18(19(24)22(21-12)15-5-3-2-4-6-15)17(23)10-13-7-8-14-11-26-20(25)16(14)9-13/h2-9,18H,10-11H2,1H3. The molecule has 1 amide bonds. The van der Waals surface area contributed by atoms with E-state index in [9.17, 15) is 14.4 Å². The highest BCUT2D eigenvalue weighted by Crippen LogP contribution is 2.26. The van der Waals surface area contributed by atoms with Gasteiger partial charge in [-0.3, -0.25) is 9.59 Å². The van der Waals surface area contributed by atoms with E-state index in [1.807, 2.05) is 18.2 Å². The maximum absolute atomic E-state index is 12.7. The van der Waals surface area contributed by atoms with Crippen LogP contribution in [-0.2, 0) is 27.4 Å². The number of Topliss-reactive ketones (excluding diaryl/α,β-unsaturated/α-hetero) is 1. The summed E-state index contributed by atoms with van der Waals surface area (Å²) in [6, 6.07) is 14.3. The van der Waals surface area contributed by atoms with Crippen LogP contribution >= 0.6 is 0 Å². The summed E-state index contributed by atoms with van der Waals surface area (Å²) >= 11 is 0. The molecule has 2 heterocycles. The van der Waals surface area contributed by atoms with Gasteiger partial charge in [-0.15, -0.1) is 0 Å². The van der Waals surface area contributed by atoms with Crippen LogP contribution < -0.4 is 5.01 Å². The van der Waals surface area contributed by atoms with Crippen molar-refractivity contribution in [2.24, 2.45) is 11.0 Å². The smallest absolute Gasteiger partial charge is 0.338 e. The molecule has 0 fully saturated rings. The second kappa shape index (κ2) is 6.22. The molecule has 2 aliphatic rings. The normalized spacial score (nSPS) is 18.6. The zero-order chi connectivity index (χ0) is 18.3. The van der Waals surface area contributed by atoms with Crippen molar-refractivity contribution in [3.8, 4) is 0 Å². The van der Waals surface area contributed by atoms with Gasteiger partial charge in [0.2, 0.25) is 0 Å². The summed E-state index contributed by atoms with van der Waals surface area (Å²) in [6.07, 6.45) is 0.0620. The molecule has 0 bridgehead atoms. The fourth-order valence-corrected chi connectivity index (χ4v) is 3.26. The molecule has 130 valence electrons. The van der Waals surface area contributed by atoms with Crippen LogP contribution in [0.2, 0.25) is 0 Å². The lowest BCUT2D eigenvalue weighted by molar-refractivity contribution is -0.128. The Balaban J connectivity index is 1.54. The molecule has 0 N–H and O–H groups in total. The summed E-state index contributed by atoms with van der Waals surface area (Å²) in [4.78, 5) is 37.1. The topological polar surface area (TPSA) is 76.0 Å². The van der Waals surface area contributed by atoms with E-state index >= 15 is 0 Å². The minimum atomic E-state index is -0.893. The van der Waals surface area contributed by atoms with Gasteiger partial charge in [0.05, 0.1) is 17.0 Å². The Morgan fingerprint density at radius 3 is 2.73 bits per heavy atom. The first-order valence-corrected chi connectivity index (χ1v) is 8.30. The van der Waals surface area contributed by atoms with Gasteiger partial charge in [-0.05, 0) is 30.7 Å². The summed E-state index contributed by atoms with van der Waals surface area (Å²) in [5.41, 5.74) is 3.10. The summed E-state index contributed by atoms with van der Waals surface area (Å²) in [5, 5.41) is 5.54. The molecule has 6 nitrogen and oxygen atoms in total. The number of hydrazone groups is 1. The number of hydrogen-bond donors (Lipinski definition) is 0. The summed E-state index contributed by atoms with van der Waals surface area (Å²) in [5.74, 6) is -1.85. The molecule has 6 heteroatoms.